The highest BCUT2D eigenvalue weighted by atomic mass is 32.2. The van der Waals surface area contributed by atoms with Gasteiger partial charge < -0.3 is 14.8 Å². The molecule has 1 aromatic carbocycles. The highest BCUT2D eigenvalue weighted by Crippen LogP contribution is 2.32. The molecule has 1 heterocycles. The van der Waals surface area contributed by atoms with E-state index in [1.54, 1.807) is 13.0 Å². The zero-order chi connectivity index (χ0) is 18.7. The molecule has 1 amide bonds. The van der Waals surface area contributed by atoms with Gasteiger partial charge in [-0.1, -0.05) is 6.92 Å². The maximum atomic E-state index is 12.9. The largest absolute Gasteiger partial charge is 0.490 e. The number of ether oxygens (including phenoxy) is 2. The molecule has 140 valence electrons. The fourth-order valence-electron chi connectivity index (χ4n) is 2.44. The van der Waals surface area contributed by atoms with Gasteiger partial charge in [-0.05, 0) is 32.9 Å². The molecule has 0 spiro atoms. The molecule has 0 aromatic heterocycles. The van der Waals surface area contributed by atoms with Gasteiger partial charge in [0.1, 0.15) is 0 Å². The monoisotopic (exact) mass is 370 g/mol. The van der Waals surface area contributed by atoms with Crippen molar-refractivity contribution in [2.45, 2.75) is 44.6 Å². The third kappa shape index (κ3) is 5.09. The number of rotatable bonds is 5. The topological polar surface area (TPSA) is 84.9 Å². The third-order valence-electron chi connectivity index (χ3n) is 3.54. The number of carbonyl (C=O) groups excluding carboxylic acids is 1. The molecule has 0 unspecified atom stereocenters. The van der Waals surface area contributed by atoms with E-state index in [2.05, 4.69) is 5.32 Å². The normalized spacial score (nSPS) is 14.9. The number of benzene rings is 1. The first-order valence-corrected chi connectivity index (χ1v) is 9.78. The first-order chi connectivity index (χ1) is 11.6. The lowest BCUT2D eigenvalue weighted by Crippen LogP contribution is -2.47. The Morgan fingerprint density at radius 2 is 1.84 bits per heavy atom. The average Bonchev–Trinajstić information content (AvgIpc) is 2.75. The molecule has 2 rings (SSSR count). The fourth-order valence-corrected chi connectivity index (χ4v) is 3.86. The highest BCUT2D eigenvalue weighted by molar-refractivity contribution is 7.89. The second kappa shape index (κ2) is 7.61. The van der Waals surface area contributed by atoms with Crippen molar-refractivity contribution in [3.63, 3.8) is 0 Å². The second-order valence-corrected chi connectivity index (χ2v) is 8.83. The van der Waals surface area contributed by atoms with Crippen molar-refractivity contribution < 1.29 is 22.7 Å². The Kier molecular flexibility index (Phi) is 5.95. The van der Waals surface area contributed by atoms with Crippen LogP contribution in [0.4, 0.5) is 0 Å². The first kappa shape index (κ1) is 19.5. The molecule has 0 saturated carbocycles. The molecular weight excluding hydrogens is 344 g/mol. The minimum Gasteiger partial charge on any atom is -0.490 e. The maximum absolute atomic E-state index is 12.9. The molecule has 7 nitrogen and oxygen atoms in total. The van der Waals surface area contributed by atoms with Crippen molar-refractivity contribution in [1.82, 2.24) is 9.62 Å². The van der Waals surface area contributed by atoms with E-state index in [4.69, 9.17) is 9.47 Å². The molecular formula is C17H26N2O5S. The van der Waals surface area contributed by atoms with Crippen molar-refractivity contribution >= 4 is 15.9 Å². The lowest BCUT2D eigenvalue weighted by Gasteiger charge is -2.24. The summed E-state index contributed by atoms with van der Waals surface area (Å²) in [6, 6.07) is 4.53. The van der Waals surface area contributed by atoms with Crippen LogP contribution in [0.1, 0.15) is 34.1 Å². The van der Waals surface area contributed by atoms with Crippen molar-refractivity contribution in [2.24, 2.45) is 0 Å². The van der Waals surface area contributed by atoms with Gasteiger partial charge in [0.2, 0.25) is 15.9 Å². The van der Waals surface area contributed by atoms with Gasteiger partial charge in [0.15, 0.2) is 11.5 Å². The number of carbonyl (C=O) groups is 1. The Hall–Kier alpha value is -1.80. The van der Waals surface area contributed by atoms with E-state index in [-0.39, 0.29) is 23.9 Å². The summed E-state index contributed by atoms with van der Waals surface area (Å²) < 4.78 is 38.0. The summed E-state index contributed by atoms with van der Waals surface area (Å²) in [5.74, 6) is 0.603. The van der Waals surface area contributed by atoms with E-state index in [9.17, 15) is 13.2 Å². The van der Waals surface area contributed by atoms with Gasteiger partial charge in [-0.15, -0.1) is 0 Å². The van der Waals surface area contributed by atoms with Gasteiger partial charge >= 0.3 is 0 Å². The summed E-state index contributed by atoms with van der Waals surface area (Å²) in [7, 11) is -3.81. The molecule has 1 aromatic rings. The lowest BCUT2D eigenvalue weighted by atomic mass is 10.1. The van der Waals surface area contributed by atoms with E-state index in [1.165, 1.54) is 12.1 Å². The number of hydrogen-bond acceptors (Lipinski definition) is 5. The number of likely N-dealkylation sites (N-methyl/N-ethyl adjacent to an activating group) is 1. The third-order valence-corrected chi connectivity index (χ3v) is 5.46. The molecule has 0 fully saturated rings. The van der Waals surface area contributed by atoms with Crippen LogP contribution < -0.4 is 14.8 Å². The Balaban J connectivity index is 2.23. The minimum absolute atomic E-state index is 0.0853. The first-order valence-electron chi connectivity index (χ1n) is 8.34. The van der Waals surface area contributed by atoms with Gasteiger partial charge in [0.25, 0.3) is 0 Å². The summed E-state index contributed by atoms with van der Waals surface area (Å²) in [4.78, 5) is 12.2. The van der Waals surface area contributed by atoms with Crippen LogP contribution in [0, 0.1) is 0 Å². The highest BCUT2D eigenvalue weighted by Gasteiger charge is 2.28. The van der Waals surface area contributed by atoms with Crippen LogP contribution in [0.15, 0.2) is 23.1 Å². The predicted octanol–water partition coefficient (Wildman–Crippen LogP) is 1.77. The molecule has 1 aliphatic rings. The molecule has 8 heteroatoms. The smallest absolute Gasteiger partial charge is 0.243 e. The summed E-state index contributed by atoms with van der Waals surface area (Å²) in [6.07, 6.45) is 0.741. The van der Waals surface area contributed by atoms with Crippen molar-refractivity contribution in [3.8, 4) is 11.5 Å². The maximum Gasteiger partial charge on any atom is 0.243 e. The zero-order valence-electron chi connectivity index (χ0n) is 15.2. The van der Waals surface area contributed by atoms with Crippen molar-refractivity contribution in [2.75, 3.05) is 26.3 Å². The number of fused-ring (bicyclic) bond motifs is 1. The van der Waals surface area contributed by atoms with E-state index >= 15 is 0 Å². The standard InChI is InChI=1S/C17H26N2O5S/c1-5-19(12-16(20)18-17(2,3)4)25(21,22)13-7-8-14-15(11-13)24-10-6-9-23-14/h7-8,11H,5-6,9-10,12H2,1-4H3,(H,18,20). The number of nitrogens with zero attached hydrogens (tertiary/aromatic N) is 1. The molecule has 1 N–H and O–H groups in total. The second-order valence-electron chi connectivity index (χ2n) is 6.89. The number of nitrogens with one attached hydrogen (secondary N) is 1. The summed E-state index contributed by atoms with van der Waals surface area (Å²) >= 11 is 0. The lowest BCUT2D eigenvalue weighted by molar-refractivity contribution is -0.122. The van der Waals surface area contributed by atoms with Gasteiger partial charge in [0.05, 0.1) is 24.7 Å². The Bertz CT molecular complexity index is 725. The Morgan fingerprint density at radius 3 is 2.44 bits per heavy atom. The Labute approximate surface area is 149 Å². The molecule has 1 aliphatic heterocycles. The summed E-state index contributed by atoms with van der Waals surface area (Å²) in [5, 5.41) is 2.78. The quantitative estimate of drug-likeness (QED) is 0.854. The predicted molar refractivity (Wildman–Crippen MR) is 94.4 cm³/mol. The fraction of sp³-hybridized carbons (Fsp3) is 0.588. The SMILES string of the molecule is CCN(CC(=O)NC(C)(C)C)S(=O)(=O)c1ccc2c(c1)OCCCO2. The molecule has 0 aliphatic carbocycles. The van der Waals surface area contributed by atoms with E-state index in [0.717, 1.165) is 10.7 Å². The van der Waals surface area contributed by atoms with Crippen LogP contribution in [0.2, 0.25) is 0 Å². The van der Waals surface area contributed by atoms with Crippen LogP contribution in [-0.4, -0.2) is 50.5 Å². The zero-order valence-corrected chi connectivity index (χ0v) is 16.0. The molecule has 0 atom stereocenters. The number of sulfonamides is 1. The van der Waals surface area contributed by atoms with Crippen LogP contribution in [0.5, 0.6) is 11.5 Å². The molecule has 0 saturated heterocycles. The van der Waals surface area contributed by atoms with Crippen LogP contribution in [0.25, 0.3) is 0 Å². The van der Waals surface area contributed by atoms with Crippen LogP contribution in [-0.2, 0) is 14.8 Å². The molecule has 25 heavy (non-hydrogen) atoms. The number of amides is 1. The Morgan fingerprint density at radius 1 is 1.20 bits per heavy atom. The minimum atomic E-state index is -3.81. The van der Waals surface area contributed by atoms with Gasteiger partial charge in [0, 0.05) is 24.6 Å². The summed E-state index contributed by atoms with van der Waals surface area (Å²) in [5.41, 5.74) is -0.421. The van der Waals surface area contributed by atoms with E-state index < -0.39 is 15.6 Å². The van der Waals surface area contributed by atoms with Gasteiger partial charge in [-0.3, -0.25) is 4.79 Å². The average molecular weight is 370 g/mol. The van der Waals surface area contributed by atoms with E-state index in [1.807, 2.05) is 20.8 Å². The van der Waals surface area contributed by atoms with Gasteiger partial charge in [-0.25, -0.2) is 8.42 Å². The molecule has 0 bridgehead atoms. The summed E-state index contributed by atoms with van der Waals surface area (Å²) in [6.45, 7) is 8.21. The molecule has 0 radical (unpaired) electrons. The van der Waals surface area contributed by atoms with Crippen molar-refractivity contribution in [3.05, 3.63) is 18.2 Å². The van der Waals surface area contributed by atoms with E-state index in [0.29, 0.717) is 24.7 Å². The van der Waals surface area contributed by atoms with Crippen LogP contribution >= 0.6 is 0 Å². The number of hydrogen-bond donors (Lipinski definition) is 1. The van der Waals surface area contributed by atoms with Crippen molar-refractivity contribution in [1.29, 1.82) is 0 Å². The van der Waals surface area contributed by atoms with Gasteiger partial charge in [-0.2, -0.15) is 4.31 Å². The van der Waals surface area contributed by atoms with Crippen LogP contribution in [0.3, 0.4) is 0 Å².